The second-order valence-corrected chi connectivity index (χ2v) is 9.46. The maximum absolute atomic E-state index is 13.5. The van der Waals surface area contributed by atoms with Crippen molar-refractivity contribution in [1.29, 1.82) is 0 Å². The van der Waals surface area contributed by atoms with Gasteiger partial charge < -0.3 is 19.6 Å². The van der Waals surface area contributed by atoms with Gasteiger partial charge in [-0.05, 0) is 47.4 Å². The number of benzene rings is 2. The number of ether oxygens (including phenoxy) is 1. The third-order valence-corrected chi connectivity index (χ3v) is 6.80. The summed E-state index contributed by atoms with van der Waals surface area (Å²) in [7, 11) is 0. The molecule has 1 fully saturated rings. The Bertz CT molecular complexity index is 1390. The maximum atomic E-state index is 13.5. The molecule has 0 saturated carbocycles. The molecule has 7 nitrogen and oxygen atoms in total. The van der Waals surface area contributed by atoms with E-state index in [1.807, 2.05) is 28.8 Å². The fourth-order valence-corrected chi connectivity index (χ4v) is 4.91. The number of nitrogens with zero attached hydrogens (tertiary/aromatic N) is 2. The highest BCUT2D eigenvalue weighted by Crippen LogP contribution is 2.28. The Morgan fingerprint density at radius 2 is 1.74 bits per heavy atom. The molecular weight excluding hydrogens is 466 g/mol. The molecule has 5 rings (SSSR count). The first-order chi connectivity index (χ1) is 17.0. The monoisotopic (exact) mass is 493 g/mol. The molecule has 0 unspecified atom stereocenters. The normalized spacial score (nSPS) is 14.7. The van der Waals surface area contributed by atoms with Gasteiger partial charge in [0.2, 0.25) is 5.91 Å². The molecule has 2 aromatic heterocycles. The van der Waals surface area contributed by atoms with Crippen molar-refractivity contribution in [2.24, 2.45) is 0 Å². The zero-order valence-electron chi connectivity index (χ0n) is 19.4. The second kappa shape index (κ2) is 10.3. The van der Waals surface area contributed by atoms with Crippen LogP contribution in [-0.4, -0.2) is 53.2 Å². The highest BCUT2D eigenvalue weighted by atomic mass is 35.5. The van der Waals surface area contributed by atoms with E-state index in [2.05, 4.69) is 16.3 Å². The van der Waals surface area contributed by atoms with Crippen molar-refractivity contribution in [1.82, 2.24) is 14.6 Å². The number of hydrogen-bond donors (Lipinski definition) is 2. The third kappa shape index (κ3) is 5.18. The van der Waals surface area contributed by atoms with Crippen LogP contribution in [0.15, 0.2) is 53.6 Å². The quantitative estimate of drug-likeness (QED) is 0.394. The summed E-state index contributed by atoms with van der Waals surface area (Å²) in [5.74, 6) is -0.216. The van der Waals surface area contributed by atoms with Crippen molar-refractivity contribution >= 4 is 33.8 Å². The summed E-state index contributed by atoms with van der Waals surface area (Å²) < 4.78 is 7.39. The lowest BCUT2D eigenvalue weighted by atomic mass is 10.0. The van der Waals surface area contributed by atoms with E-state index in [0.717, 1.165) is 47.2 Å². The number of nitrogens with one attached hydrogen (secondary N) is 1. The number of hydrogen-bond acceptors (Lipinski definition) is 5. The minimum atomic E-state index is -0.216. The van der Waals surface area contributed by atoms with E-state index in [9.17, 15) is 14.7 Å². The highest BCUT2D eigenvalue weighted by Gasteiger charge is 2.19. The summed E-state index contributed by atoms with van der Waals surface area (Å²) in [5, 5.41) is 14.7. The summed E-state index contributed by atoms with van der Waals surface area (Å²) in [6.07, 6.45) is 4.21. The van der Waals surface area contributed by atoms with Gasteiger partial charge >= 0.3 is 0 Å². The van der Waals surface area contributed by atoms with E-state index in [0.29, 0.717) is 42.2 Å². The molecule has 1 amide bonds. The van der Waals surface area contributed by atoms with E-state index in [-0.39, 0.29) is 24.4 Å². The molecule has 8 heteroatoms. The van der Waals surface area contributed by atoms with Gasteiger partial charge in [0.1, 0.15) is 0 Å². The summed E-state index contributed by atoms with van der Waals surface area (Å²) in [5.41, 5.74) is 4.14. The van der Waals surface area contributed by atoms with Crippen LogP contribution in [0.1, 0.15) is 22.3 Å². The first-order valence-corrected chi connectivity index (χ1v) is 12.2. The number of morpholine rings is 1. The number of halogens is 1. The molecule has 35 heavy (non-hydrogen) atoms. The number of aliphatic hydroxyl groups is 1. The van der Waals surface area contributed by atoms with E-state index in [1.165, 1.54) is 0 Å². The molecule has 182 valence electrons. The van der Waals surface area contributed by atoms with Crippen LogP contribution < -0.4 is 10.7 Å². The molecule has 1 aliphatic rings. The van der Waals surface area contributed by atoms with Crippen LogP contribution in [0, 0.1) is 0 Å². The topological polar surface area (TPSA) is 83.3 Å². The molecule has 0 radical (unpaired) electrons. The molecule has 2 aromatic carbocycles. The second-order valence-electron chi connectivity index (χ2n) is 9.03. The van der Waals surface area contributed by atoms with Gasteiger partial charge in [0.25, 0.3) is 0 Å². The average Bonchev–Trinajstić information content (AvgIpc) is 3.20. The summed E-state index contributed by atoms with van der Waals surface area (Å²) in [4.78, 5) is 28.5. The van der Waals surface area contributed by atoms with E-state index in [4.69, 9.17) is 16.3 Å². The lowest BCUT2D eigenvalue weighted by Crippen LogP contribution is -2.35. The molecule has 1 aliphatic heterocycles. The van der Waals surface area contributed by atoms with Crippen LogP contribution in [0.4, 0.5) is 0 Å². The van der Waals surface area contributed by atoms with Gasteiger partial charge in [0.15, 0.2) is 5.43 Å². The van der Waals surface area contributed by atoms with Crippen molar-refractivity contribution < 1.29 is 14.6 Å². The minimum Gasteiger partial charge on any atom is -0.396 e. The fourth-order valence-electron chi connectivity index (χ4n) is 4.79. The van der Waals surface area contributed by atoms with Crippen molar-refractivity contribution in [3.63, 3.8) is 0 Å². The molecule has 0 atom stereocenters. The number of carbonyl (C=O) groups is 1. The molecule has 0 aliphatic carbocycles. The van der Waals surface area contributed by atoms with E-state index < -0.39 is 0 Å². The predicted molar refractivity (Wildman–Crippen MR) is 136 cm³/mol. The Balaban J connectivity index is 1.45. The molecule has 4 aromatic rings. The van der Waals surface area contributed by atoms with Crippen molar-refractivity contribution in [3.05, 3.63) is 86.3 Å². The third-order valence-electron chi connectivity index (χ3n) is 6.54. The summed E-state index contributed by atoms with van der Waals surface area (Å²) in [6.45, 7) is 4.24. The van der Waals surface area contributed by atoms with E-state index >= 15 is 0 Å². The Labute approximate surface area is 208 Å². The zero-order valence-corrected chi connectivity index (χ0v) is 20.2. The molecule has 3 heterocycles. The van der Waals surface area contributed by atoms with Crippen LogP contribution >= 0.6 is 11.6 Å². The van der Waals surface area contributed by atoms with Crippen molar-refractivity contribution in [2.75, 3.05) is 32.9 Å². The Hall–Kier alpha value is -2.97. The van der Waals surface area contributed by atoms with Gasteiger partial charge in [-0.15, -0.1) is 0 Å². The summed E-state index contributed by atoms with van der Waals surface area (Å²) >= 11 is 5.92. The number of rotatable bonds is 8. The first-order valence-electron chi connectivity index (χ1n) is 11.9. The van der Waals surface area contributed by atoms with E-state index in [1.54, 1.807) is 18.3 Å². The Morgan fingerprint density at radius 3 is 2.49 bits per heavy atom. The first kappa shape index (κ1) is 23.8. The lowest BCUT2D eigenvalue weighted by Gasteiger charge is -2.26. The number of aliphatic hydroxyl groups excluding tert-OH is 1. The number of amides is 1. The standard InChI is InChI=1S/C27H28ClN3O4/c28-22-3-1-18(2-4-22)14-29-25(33)13-21-17-31-16-20(5-8-32)23-11-19(12-24(26(23)31)27(21)34)15-30-6-9-35-10-7-30/h1-4,11-12,16-17,32H,5-10,13-15H2,(H,29,33). The Morgan fingerprint density at radius 1 is 1.03 bits per heavy atom. The average molecular weight is 494 g/mol. The molecular formula is C27H28ClN3O4. The number of aromatic nitrogens is 1. The van der Waals surface area contributed by atoms with Crippen LogP contribution in [0.5, 0.6) is 0 Å². The van der Waals surface area contributed by atoms with Gasteiger partial charge in [0, 0.05) is 66.5 Å². The summed E-state index contributed by atoms with van der Waals surface area (Å²) in [6, 6.07) is 11.4. The molecule has 0 spiro atoms. The highest BCUT2D eigenvalue weighted by molar-refractivity contribution is 6.30. The SMILES string of the molecule is O=C(Cc1cn2cc(CCO)c3cc(CN4CCOCC4)cc(c1=O)c32)NCc1ccc(Cl)cc1. The van der Waals surface area contributed by atoms with Crippen LogP contribution in [0.3, 0.4) is 0 Å². The van der Waals surface area contributed by atoms with Gasteiger partial charge in [-0.1, -0.05) is 23.7 Å². The van der Waals surface area contributed by atoms with Gasteiger partial charge in [-0.3, -0.25) is 14.5 Å². The predicted octanol–water partition coefficient (Wildman–Crippen LogP) is 2.77. The molecule has 2 N–H and O–H groups in total. The Kier molecular flexibility index (Phi) is 7.02. The lowest BCUT2D eigenvalue weighted by molar-refractivity contribution is -0.120. The van der Waals surface area contributed by atoms with Crippen LogP contribution in [-0.2, 0) is 35.5 Å². The van der Waals surface area contributed by atoms with Crippen molar-refractivity contribution in [2.45, 2.75) is 25.9 Å². The maximum Gasteiger partial charge on any atom is 0.224 e. The van der Waals surface area contributed by atoms with Gasteiger partial charge in [-0.2, -0.15) is 0 Å². The van der Waals surface area contributed by atoms with Gasteiger partial charge in [0.05, 0.1) is 25.2 Å². The number of pyridine rings is 1. The molecule has 0 bridgehead atoms. The smallest absolute Gasteiger partial charge is 0.224 e. The van der Waals surface area contributed by atoms with Gasteiger partial charge in [-0.25, -0.2) is 0 Å². The zero-order chi connectivity index (χ0) is 24.4. The van der Waals surface area contributed by atoms with Crippen molar-refractivity contribution in [3.8, 4) is 0 Å². The van der Waals surface area contributed by atoms with Crippen LogP contribution in [0.25, 0.3) is 16.3 Å². The fraction of sp³-hybridized carbons (Fsp3) is 0.333. The minimum absolute atomic E-state index is 0.00540. The number of carbonyl (C=O) groups excluding carboxylic acids is 1. The largest absolute Gasteiger partial charge is 0.396 e. The molecule has 1 saturated heterocycles. The van der Waals surface area contributed by atoms with Crippen LogP contribution in [0.2, 0.25) is 5.02 Å².